The summed E-state index contributed by atoms with van der Waals surface area (Å²) >= 11 is 0. The van der Waals surface area contributed by atoms with Crippen LogP contribution in [0.1, 0.15) is 47.5 Å². The van der Waals surface area contributed by atoms with E-state index in [4.69, 9.17) is 4.52 Å². The van der Waals surface area contributed by atoms with Crippen LogP contribution >= 0.6 is 0 Å². The van der Waals surface area contributed by atoms with Gasteiger partial charge in [-0.1, -0.05) is 5.16 Å². The van der Waals surface area contributed by atoms with E-state index < -0.39 is 6.10 Å². The molecule has 0 saturated heterocycles. The van der Waals surface area contributed by atoms with Gasteiger partial charge in [0.15, 0.2) is 5.69 Å². The molecule has 0 aromatic carbocycles. The highest BCUT2D eigenvalue weighted by atomic mass is 16.5. The Morgan fingerprint density at radius 1 is 1.47 bits per heavy atom. The first-order valence-electron chi connectivity index (χ1n) is 7.07. The van der Waals surface area contributed by atoms with Gasteiger partial charge in [0, 0.05) is 25.6 Å². The van der Waals surface area contributed by atoms with Gasteiger partial charge in [0.1, 0.15) is 5.76 Å². The highest BCUT2D eigenvalue weighted by molar-refractivity contribution is 5.93. The van der Waals surface area contributed by atoms with Crippen molar-refractivity contribution in [3.8, 4) is 0 Å². The third-order valence-corrected chi connectivity index (χ3v) is 4.13. The first kappa shape index (κ1) is 12.7. The number of aliphatic hydroxyl groups excluding tert-OH is 1. The van der Waals surface area contributed by atoms with Crippen LogP contribution in [0.3, 0.4) is 0 Å². The van der Waals surface area contributed by atoms with Crippen molar-refractivity contribution in [2.75, 3.05) is 13.6 Å². The lowest BCUT2D eigenvalue weighted by molar-refractivity contribution is 0.0635. The van der Waals surface area contributed by atoms with Crippen LogP contribution < -0.4 is 0 Å². The van der Waals surface area contributed by atoms with Gasteiger partial charge in [-0.05, 0) is 38.0 Å². The maximum absolute atomic E-state index is 12.3. The Bertz CT molecular complexity index is 479. The Balaban J connectivity index is 1.70. The van der Waals surface area contributed by atoms with Crippen LogP contribution in [0, 0.1) is 5.92 Å². The number of carbonyl (C=O) groups is 1. The molecule has 2 aliphatic carbocycles. The number of aromatic nitrogens is 1. The van der Waals surface area contributed by atoms with Gasteiger partial charge in [-0.25, -0.2) is 0 Å². The molecular formula is C14H20N2O3. The average molecular weight is 264 g/mol. The molecule has 1 N–H and O–H groups in total. The van der Waals surface area contributed by atoms with Crippen molar-refractivity contribution in [3.05, 3.63) is 17.0 Å². The van der Waals surface area contributed by atoms with Crippen LogP contribution in [-0.2, 0) is 12.8 Å². The minimum absolute atomic E-state index is 0.133. The van der Waals surface area contributed by atoms with E-state index in [9.17, 15) is 9.90 Å². The summed E-state index contributed by atoms with van der Waals surface area (Å²) in [5.74, 6) is 1.11. The van der Waals surface area contributed by atoms with E-state index in [-0.39, 0.29) is 5.91 Å². The quantitative estimate of drug-likeness (QED) is 0.892. The summed E-state index contributed by atoms with van der Waals surface area (Å²) in [5, 5.41) is 13.8. The van der Waals surface area contributed by atoms with Crippen LogP contribution in [-0.4, -0.2) is 40.8 Å². The van der Waals surface area contributed by atoms with Gasteiger partial charge in [0.25, 0.3) is 5.91 Å². The molecule has 104 valence electrons. The van der Waals surface area contributed by atoms with Crippen LogP contribution in [0.2, 0.25) is 0 Å². The average Bonchev–Trinajstić information content (AvgIpc) is 3.18. The van der Waals surface area contributed by atoms with E-state index in [1.807, 2.05) is 0 Å². The zero-order valence-electron chi connectivity index (χ0n) is 11.3. The zero-order chi connectivity index (χ0) is 13.4. The Labute approximate surface area is 112 Å². The van der Waals surface area contributed by atoms with Crippen molar-refractivity contribution in [2.24, 2.45) is 5.92 Å². The number of carbonyl (C=O) groups excluding carboxylic acids is 1. The van der Waals surface area contributed by atoms with Crippen LogP contribution in [0.5, 0.6) is 0 Å². The lowest BCUT2D eigenvalue weighted by atomic mass is 9.96. The molecule has 1 saturated carbocycles. The van der Waals surface area contributed by atoms with Crippen molar-refractivity contribution >= 4 is 5.91 Å². The van der Waals surface area contributed by atoms with E-state index in [1.54, 1.807) is 11.9 Å². The predicted octanol–water partition coefficient (Wildman–Crippen LogP) is 1.40. The molecule has 19 heavy (non-hydrogen) atoms. The largest absolute Gasteiger partial charge is 0.391 e. The molecule has 0 aliphatic heterocycles. The number of nitrogens with zero attached hydrogens (tertiary/aromatic N) is 2. The fourth-order valence-corrected chi connectivity index (χ4v) is 2.73. The van der Waals surface area contributed by atoms with E-state index >= 15 is 0 Å². The summed E-state index contributed by atoms with van der Waals surface area (Å²) < 4.78 is 5.26. The summed E-state index contributed by atoms with van der Waals surface area (Å²) in [6, 6.07) is 0. The lowest BCUT2D eigenvalue weighted by Gasteiger charge is -2.20. The van der Waals surface area contributed by atoms with E-state index in [1.165, 1.54) is 0 Å². The van der Waals surface area contributed by atoms with Crippen molar-refractivity contribution < 1.29 is 14.4 Å². The van der Waals surface area contributed by atoms with Crippen molar-refractivity contribution in [1.82, 2.24) is 10.1 Å². The van der Waals surface area contributed by atoms with E-state index in [2.05, 4.69) is 5.16 Å². The molecular weight excluding hydrogens is 244 g/mol. The lowest BCUT2D eigenvalue weighted by Crippen LogP contribution is -2.35. The number of fused-ring (bicyclic) bond motifs is 1. The van der Waals surface area contributed by atoms with Gasteiger partial charge in [-0.3, -0.25) is 4.79 Å². The molecule has 1 fully saturated rings. The number of amides is 1. The summed E-state index contributed by atoms with van der Waals surface area (Å²) in [6.45, 7) is 0.380. The topological polar surface area (TPSA) is 66.6 Å². The normalized spacial score (nSPS) is 19.9. The molecule has 1 amide bonds. The fraction of sp³-hybridized carbons (Fsp3) is 0.714. The second-order valence-corrected chi connectivity index (χ2v) is 5.73. The number of hydrogen-bond donors (Lipinski definition) is 1. The molecule has 0 bridgehead atoms. The Morgan fingerprint density at radius 3 is 2.95 bits per heavy atom. The molecule has 5 nitrogen and oxygen atoms in total. The predicted molar refractivity (Wildman–Crippen MR) is 68.8 cm³/mol. The molecule has 1 aromatic heterocycles. The summed E-state index contributed by atoms with van der Waals surface area (Å²) in [6.07, 6.45) is 5.68. The van der Waals surface area contributed by atoms with Crippen LogP contribution in [0.4, 0.5) is 0 Å². The van der Waals surface area contributed by atoms with Crippen LogP contribution in [0.25, 0.3) is 0 Å². The number of aryl methyl sites for hydroxylation is 1. The summed E-state index contributed by atoms with van der Waals surface area (Å²) in [4.78, 5) is 13.9. The van der Waals surface area contributed by atoms with Gasteiger partial charge < -0.3 is 14.5 Å². The first-order chi connectivity index (χ1) is 9.16. The standard InChI is InChI=1S/C14H20N2O3/c1-16(8-11(17)9-6-7-9)14(18)13-10-4-2-3-5-12(10)19-15-13/h9,11,17H,2-8H2,1H3. The Morgan fingerprint density at radius 2 is 2.21 bits per heavy atom. The van der Waals surface area contributed by atoms with Gasteiger partial charge in [-0.15, -0.1) is 0 Å². The number of rotatable bonds is 4. The van der Waals surface area contributed by atoms with E-state index in [0.29, 0.717) is 18.2 Å². The number of likely N-dealkylation sites (N-methyl/N-ethyl adjacent to an activating group) is 1. The SMILES string of the molecule is CN(CC(O)C1CC1)C(=O)c1noc2c1CCCC2. The Hall–Kier alpha value is -1.36. The molecule has 1 unspecified atom stereocenters. The fourth-order valence-electron chi connectivity index (χ4n) is 2.73. The van der Waals surface area contributed by atoms with Crippen LogP contribution in [0.15, 0.2) is 4.52 Å². The van der Waals surface area contributed by atoms with Crippen molar-refractivity contribution in [1.29, 1.82) is 0 Å². The number of aliphatic hydroxyl groups is 1. The molecule has 1 atom stereocenters. The Kier molecular flexibility index (Phi) is 3.31. The molecule has 3 rings (SSSR count). The molecule has 0 radical (unpaired) electrons. The van der Waals surface area contributed by atoms with Gasteiger partial charge in [0.05, 0.1) is 6.10 Å². The molecule has 0 spiro atoms. The third kappa shape index (κ3) is 2.52. The van der Waals surface area contributed by atoms with E-state index in [0.717, 1.165) is 49.8 Å². The molecule has 5 heteroatoms. The molecule has 1 aromatic rings. The number of hydrogen-bond acceptors (Lipinski definition) is 4. The van der Waals surface area contributed by atoms with Gasteiger partial charge in [-0.2, -0.15) is 0 Å². The zero-order valence-corrected chi connectivity index (χ0v) is 11.3. The minimum Gasteiger partial charge on any atom is -0.391 e. The molecule has 1 heterocycles. The second kappa shape index (κ2) is 4.96. The summed E-state index contributed by atoms with van der Waals surface area (Å²) in [5.41, 5.74) is 1.42. The highest BCUT2D eigenvalue weighted by Crippen LogP contribution is 2.33. The van der Waals surface area contributed by atoms with Crippen molar-refractivity contribution in [3.63, 3.8) is 0 Å². The minimum atomic E-state index is -0.406. The van der Waals surface area contributed by atoms with Gasteiger partial charge >= 0.3 is 0 Å². The second-order valence-electron chi connectivity index (χ2n) is 5.73. The van der Waals surface area contributed by atoms with Crippen molar-refractivity contribution in [2.45, 2.75) is 44.6 Å². The monoisotopic (exact) mass is 264 g/mol. The smallest absolute Gasteiger partial charge is 0.276 e. The van der Waals surface area contributed by atoms with Gasteiger partial charge in [0.2, 0.25) is 0 Å². The maximum Gasteiger partial charge on any atom is 0.276 e. The summed E-state index contributed by atoms with van der Waals surface area (Å²) in [7, 11) is 1.72. The third-order valence-electron chi connectivity index (χ3n) is 4.13. The first-order valence-corrected chi connectivity index (χ1v) is 7.07. The molecule has 2 aliphatic rings. The highest BCUT2D eigenvalue weighted by Gasteiger charge is 2.32. The maximum atomic E-state index is 12.3.